The first-order valence-corrected chi connectivity index (χ1v) is 6.18. The highest BCUT2D eigenvalue weighted by Gasteiger charge is 2.03. The van der Waals surface area contributed by atoms with Crippen molar-refractivity contribution in [3.8, 4) is 0 Å². The number of anilines is 2. The number of aryl methyl sites for hydroxylation is 1. The summed E-state index contributed by atoms with van der Waals surface area (Å²) in [5.74, 6) is 0. The second kappa shape index (κ2) is 4.64. The minimum absolute atomic E-state index is 0.727. The largest absolute Gasteiger partial charge is 0.397 e. The van der Waals surface area contributed by atoms with Gasteiger partial charge in [0.1, 0.15) is 0 Å². The molecule has 6 nitrogen and oxygen atoms in total. The van der Waals surface area contributed by atoms with Crippen molar-refractivity contribution in [3.05, 3.63) is 36.3 Å². The number of H-pyrrole nitrogens is 1. The fourth-order valence-electron chi connectivity index (χ4n) is 2.06. The van der Waals surface area contributed by atoms with Crippen molar-refractivity contribution in [2.45, 2.75) is 13.5 Å². The van der Waals surface area contributed by atoms with Gasteiger partial charge in [-0.2, -0.15) is 10.2 Å². The summed E-state index contributed by atoms with van der Waals surface area (Å²) in [5.41, 5.74) is 9.79. The van der Waals surface area contributed by atoms with Crippen molar-refractivity contribution < 1.29 is 0 Å². The van der Waals surface area contributed by atoms with E-state index in [0.29, 0.717) is 0 Å². The third-order valence-electron chi connectivity index (χ3n) is 3.03. The van der Waals surface area contributed by atoms with Crippen molar-refractivity contribution in [3.63, 3.8) is 0 Å². The Balaban J connectivity index is 1.69. The molecule has 4 N–H and O–H groups in total. The Labute approximate surface area is 110 Å². The number of nitrogens with two attached hydrogens (primary N) is 1. The molecule has 0 aliphatic carbocycles. The van der Waals surface area contributed by atoms with E-state index in [-0.39, 0.29) is 0 Å². The van der Waals surface area contributed by atoms with Crippen molar-refractivity contribution in [1.82, 2.24) is 20.0 Å². The Morgan fingerprint density at radius 1 is 1.37 bits per heavy atom. The van der Waals surface area contributed by atoms with Crippen molar-refractivity contribution in [1.29, 1.82) is 0 Å². The van der Waals surface area contributed by atoms with E-state index in [0.717, 1.165) is 35.4 Å². The third kappa shape index (κ3) is 2.37. The molecule has 98 valence electrons. The lowest BCUT2D eigenvalue weighted by atomic mass is 10.2. The van der Waals surface area contributed by atoms with Gasteiger partial charge in [-0.15, -0.1) is 0 Å². The Morgan fingerprint density at radius 3 is 3.05 bits per heavy atom. The zero-order chi connectivity index (χ0) is 13.2. The molecule has 0 bridgehead atoms. The zero-order valence-electron chi connectivity index (χ0n) is 10.7. The number of hydrogen-bond donors (Lipinski definition) is 3. The fourth-order valence-corrected chi connectivity index (χ4v) is 2.06. The number of nitrogens with zero attached hydrogens (tertiary/aromatic N) is 3. The van der Waals surface area contributed by atoms with E-state index in [9.17, 15) is 0 Å². The average Bonchev–Trinajstić information content (AvgIpc) is 2.98. The first-order chi connectivity index (χ1) is 9.22. The quantitative estimate of drug-likeness (QED) is 0.621. The summed E-state index contributed by atoms with van der Waals surface area (Å²) >= 11 is 0. The number of hydrogen-bond acceptors (Lipinski definition) is 4. The number of aromatic amines is 1. The van der Waals surface area contributed by atoms with E-state index in [1.807, 2.05) is 36.1 Å². The van der Waals surface area contributed by atoms with Gasteiger partial charge in [-0.3, -0.25) is 9.78 Å². The summed E-state index contributed by atoms with van der Waals surface area (Å²) in [5, 5.41) is 15.5. The Bertz CT molecular complexity index is 696. The van der Waals surface area contributed by atoms with Crippen LogP contribution in [0.4, 0.5) is 11.4 Å². The van der Waals surface area contributed by atoms with Crippen molar-refractivity contribution >= 4 is 22.3 Å². The Morgan fingerprint density at radius 2 is 2.26 bits per heavy atom. The zero-order valence-corrected chi connectivity index (χ0v) is 10.7. The molecule has 3 rings (SSSR count). The summed E-state index contributed by atoms with van der Waals surface area (Å²) in [4.78, 5) is 0. The van der Waals surface area contributed by atoms with E-state index in [4.69, 9.17) is 5.73 Å². The number of rotatable bonds is 4. The van der Waals surface area contributed by atoms with Gasteiger partial charge in [-0.1, -0.05) is 0 Å². The molecule has 0 saturated carbocycles. The van der Waals surface area contributed by atoms with Gasteiger partial charge in [0.05, 0.1) is 35.8 Å². The number of aromatic nitrogens is 4. The summed E-state index contributed by atoms with van der Waals surface area (Å²) in [7, 11) is 0. The van der Waals surface area contributed by atoms with Crippen LogP contribution >= 0.6 is 0 Å². The van der Waals surface area contributed by atoms with Crippen LogP contribution in [0, 0.1) is 6.92 Å². The predicted octanol–water partition coefficient (Wildman–Crippen LogP) is 1.76. The van der Waals surface area contributed by atoms with Gasteiger partial charge in [0.2, 0.25) is 0 Å². The van der Waals surface area contributed by atoms with E-state index in [1.54, 1.807) is 6.20 Å². The Hall–Kier alpha value is -2.50. The lowest BCUT2D eigenvalue weighted by Crippen LogP contribution is -2.11. The third-order valence-corrected chi connectivity index (χ3v) is 3.03. The molecule has 0 radical (unpaired) electrons. The monoisotopic (exact) mass is 256 g/mol. The first kappa shape index (κ1) is 11.6. The maximum atomic E-state index is 6.00. The maximum absolute atomic E-state index is 6.00. The molecular weight excluding hydrogens is 240 g/mol. The molecule has 3 aromatic rings. The van der Waals surface area contributed by atoms with Crippen LogP contribution in [0.15, 0.2) is 30.7 Å². The van der Waals surface area contributed by atoms with Gasteiger partial charge in [0.15, 0.2) is 0 Å². The minimum atomic E-state index is 0.727. The summed E-state index contributed by atoms with van der Waals surface area (Å²) in [6.07, 6.45) is 5.64. The van der Waals surface area contributed by atoms with Gasteiger partial charge >= 0.3 is 0 Å². The van der Waals surface area contributed by atoms with Crippen molar-refractivity contribution in [2.24, 2.45) is 0 Å². The average molecular weight is 256 g/mol. The molecule has 2 aromatic heterocycles. The molecule has 1 aromatic carbocycles. The summed E-state index contributed by atoms with van der Waals surface area (Å²) in [6, 6.07) is 3.89. The highest BCUT2D eigenvalue weighted by atomic mass is 15.3. The first-order valence-electron chi connectivity index (χ1n) is 6.18. The van der Waals surface area contributed by atoms with Crippen molar-refractivity contribution in [2.75, 3.05) is 17.6 Å². The molecule has 0 spiro atoms. The molecule has 0 aliphatic heterocycles. The second-order valence-corrected chi connectivity index (χ2v) is 4.60. The normalized spacial score (nSPS) is 11.0. The van der Waals surface area contributed by atoms with Gasteiger partial charge < -0.3 is 11.1 Å². The predicted molar refractivity (Wildman–Crippen MR) is 76.0 cm³/mol. The maximum Gasteiger partial charge on any atom is 0.0672 e. The van der Waals surface area contributed by atoms with Gasteiger partial charge in [0, 0.05) is 18.1 Å². The number of fused-ring (bicyclic) bond motifs is 1. The molecule has 0 fully saturated rings. The van der Waals surface area contributed by atoms with Crippen LogP contribution in [-0.2, 0) is 6.54 Å². The standard InChI is InChI=1S/C13H16N6/c1-9-6-17-19(8-9)3-2-15-13-5-12-10(4-11(13)14)7-16-18-12/h4-8,15H,2-3,14H2,1H3,(H,16,18). The SMILES string of the molecule is Cc1cnn(CCNc2cc3[nH]ncc3cc2N)c1. The van der Waals surface area contributed by atoms with Crippen LogP contribution in [0.1, 0.15) is 5.56 Å². The Kier molecular flexibility index (Phi) is 2.83. The molecule has 0 atom stereocenters. The van der Waals surface area contributed by atoms with E-state index in [1.165, 1.54) is 5.56 Å². The van der Waals surface area contributed by atoms with Crippen LogP contribution in [0.25, 0.3) is 10.9 Å². The summed E-state index contributed by atoms with van der Waals surface area (Å²) < 4.78 is 1.91. The smallest absolute Gasteiger partial charge is 0.0672 e. The molecule has 0 unspecified atom stereocenters. The van der Waals surface area contributed by atoms with Crippen LogP contribution in [0.3, 0.4) is 0 Å². The molecule has 0 saturated heterocycles. The molecule has 6 heteroatoms. The number of nitrogens with one attached hydrogen (secondary N) is 2. The number of benzene rings is 1. The van der Waals surface area contributed by atoms with Crippen LogP contribution < -0.4 is 11.1 Å². The van der Waals surface area contributed by atoms with Crippen LogP contribution in [-0.4, -0.2) is 26.5 Å². The lowest BCUT2D eigenvalue weighted by Gasteiger charge is -2.09. The summed E-state index contributed by atoms with van der Waals surface area (Å²) in [6.45, 7) is 3.60. The number of nitrogen functional groups attached to an aromatic ring is 1. The topological polar surface area (TPSA) is 84.5 Å². The molecule has 0 amide bonds. The molecular formula is C13H16N6. The van der Waals surface area contributed by atoms with Crippen LogP contribution in [0.5, 0.6) is 0 Å². The fraction of sp³-hybridized carbons (Fsp3) is 0.231. The van der Waals surface area contributed by atoms with E-state index < -0.39 is 0 Å². The highest BCUT2D eigenvalue weighted by molar-refractivity contribution is 5.88. The molecule has 2 heterocycles. The van der Waals surface area contributed by atoms with E-state index in [2.05, 4.69) is 20.6 Å². The van der Waals surface area contributed by atoms with Crippen LogP contribution in [0.2, 0.25) is 0 Å². The highest BCUT2D eigenvalue weighted by Crippen LogP contribution is 2.24. The second-order valence-electron chi connectivity index (χ2n) is 4.60. The van der Waals surface area contributed by atoms with E-state index >= 15 is 0 Å². The van der Waals surface area contributed by atoms with Gasteiger partial charge in [-0.05, 0) is 24.6 Å². The molecule has 0 aliphatic rings. The molecule has 19 heavy (non-hydrogen) atoms. The lowest BCUT2D eigenvalue weighted by molar-refractivity contribution is 0.637. The van der Waals surface area contributed by atoms with Gasteiger partial charge in [-0.25, -0.2) is 0 Å². The minimum Gasteiger partial charge on any atom is -0.397 e. The van der Waals surface area contributed by atoms with Gasteiger partial charge in [0.25, 0.3) is 0 Å².